The predicted molar refractivity (Wildman–Crippen MR) is 149 cm³/mol. The molecule has 1 aliphatic rings. The number of rotatable bonds is 8. The molecule has 0 saturated heterocycles. The molecule has 1 N–H and O–H groups in total. The van der Waals surface area contributed by atoms with Gasteiger partial charge >= 0.3 is 6.18 Å². The zero-order valence-electron chi connectivity index (χ0n) is 22.6. The monoisotopic (exact) mass is 580 g/mol. The number of aryl methyl sites for hydroxylation is 3. The Bertz CT molecular complexity index is 1620. The molecule has 41 heavy (non-hydrogen) atoms. The van der Waals surface area contributed by atoms with Gasteiger partial charge in [0.1, 0.15) is 0 Å². The van der Waals surface area contributed by atoms with Gasteiger partial charge in [0.05, 0.1) is 39.5 Å². The number of carbonyl (C=O) groups excluding carboxylic acids is 3. The summed E-state index contributed by atoms with van der Waals surface area (Å²) in [6.45, 7) is 3.61. The average molecular weight is 581 g/mol. The molecule has 1 unspecified atom stereocenters. The number of nitrogens with one attached hydrogen (secondary N) is 1. The number of carbonyl (C=O) groups is 3. The molecule has 4 aromatic rings. The summed E-state index contributed by atoms with van der Waals surface area (Å²) in [5.41, 5.74) is 2.32. The van der Waals surface area contributed by atoms with Gasteiger partial charge in [-0.1, -0.05) is 37.3 Å². The molecule has 212 valence electrons. The van der Waals surface area contributed by atoms with E-state index in [0.717, 1.165) is 39.1 Å². The Hall–Kier alpha value is -4.25. The predicted octanol–water partition coefficient (Wildman–Crippen LogP) is 5.68. The third-order valence-electron chi connectivity index (χ3n) is 7.20. The normalized spacial score (nSPS) is 14.0. The zero-order chi connectivity index (χ0) is 29.5. The van der Waals surface area contributed by atoms with E-state index in [1.807, 2.05) is 20.9 Å². The van der Waals surface area contributed by atoms with Gasteiger partial charge in [0, 0.05) is 24.0 Å². The zero-order valence-corrected chi connectivity index (χ0v) is 23.4. The van der Waals surface area contributed by atoms with E-state index in [4.69, 9.17) is 0 Å². The van der Waals surface area contributed by atoms with E-state index in [0.29, 0.717) is 4.88 Å². The molecular weight excluding hydrogens is 553 g/mol. The maximum absolute atomic E-state index is 13.8. The summed E-state index contributed by atoms with van der Waals surface area (Å²) >= 11 is 1.26. The van der Waals surface area contributed by atoms with Crippen molar-refractivity contribution in [3.63, 3.8) is 0 Å². The molecule has 3 amide bonds. The van der Waals surface area contributed by atoms with Gasteiger partial charge in [-0.2, -0.15) is 18.3 Å². The Kier molecular flexibility index (Phi) is 7.56. The maximum atomic E-state index is 13.8. The SMILES string of the molecule is CCc1cnn(C)c1-c1cc(C(=O)NC(Cc2ccccc2C(F)(F)F)CN2C(=O)c3ccccc3C2=O)sc1C. The van der Waals surface area contributed by atoms with Crippen LogP contribution < -0.4 is 5.32 Å². The number of imide groups is 1. The van der Waals surface area contributed by atoms with Crippen LogP contribution in [-0.4, -0.2) is 45.0 Å². The summed E-state index contributed by atoms with van der Waals surface area (Å²) in [7, 11) is 1.82. The average Bonchev–Trinajstić information content (AvgIpc) is 3.58. The summed E-state index contributed by atoms with van der Waals surface area (Å²) in [4.78, 5) is 41.9. The van der Waals surface area contributed by atoms with Gasteiger partial charge in [0.25, 0.3) is 17.7 Å². The number of aromatic nitrogens is 2. The summed E-state index contributed by atoms with van der Waals surface area (Å²) in [5, 5.41) is 7.15. The van der Waals surface area contributed by atoms with Crippen molar-refractivity contribution in [2.75, 3.05) is 6.54 Å². The molecular formula is C30H27F3N4O3S. The molecule has 3 heterocycles. The van der Waals surface area contributed by atoms with E-state index in [2.05, 4.69) is 10.4 Å². The highest BCUT2D eigenvalue weighted by molar-refractivity contribution is 7.14. The molecule has 1 aliphatic heterocycles. The highest BCUT2D eigenvalue weighted by Gasteiger charge is 2.38. The quantitative estimate of drug-likeness (QED) is 0.272. The van der Waals surface area contributed by atoms with E-state index in [1.54, 1.807) is 29.1 Å². The Morgan fingerprint density at radius 2 is 1.63 bits per heavy atom. The van der Waals surface area contributed by atoms with Crippen LogP contribution in [0, 0.1) is 6.92 Å². The maximum Gasteiger partial charge on any atom is 0.416 e. The third kappa shape index (κ3) is 5.41. The third-order valence-corrected chi connectivity index (χ3v) is 8.25. The molecule has 11 heteroatoms. The molecule has 2 aromatic carbocycles. The molecule has 5 rings (SSSR count). The first kappa shape index (κ1) is 28.3. The van der Waals surface area contributed by atoms with Crippen molar-refractivity contribution in [2.24, 2.45) is 7.05 Å². The molecule has 7 nitrogen and oxygen atoms in total. The van der Waals surface area contributed by atoms with E-state index in [9.17, 15) is 27.6 Å². The van der Waals surface area contributed by atoms with Crippen molar-refractivity contribution in [2.45, 2.75) is 38.9 Å². The number of alkyl halides is 3. The molecule has 0 fully saturated rings. The van der Waals surface area contributed by atoms with Gasteiger partial charge in [-0.05, 0) is 55.2 Å². The second kappa shape index (κ2) is 11.0. The standard InChI is InChI=1S/C30H27F3N4O3S/c1-4-18-15-34-36(3)26(18)23-14-25(41-17(23)2)27(38)35-20(13-19-9-5-8-12-24(19)30(31,32)33)16-37-28(39)21-10-6-7-11-22(21)29(37)40/h5-12,14-15,20H,4,13,16H2,1-3H3,(H,35,38). The number of amides is 3. The van der Waals surface area contributed by atoms with E-state index in [-0.39, 0.29) is 29.7 Å². The fourth-order valence-corrected chi connectivity index (χ4v) is 6.13. The molecule has 0 radical (unpaired) electrons. The number of fused-ring (bicyclic) bond motifs is 1. The summed E-state index contributed by atoms with van der Waals surface area (Å²) in [6, 6.07) is 12.2. The molecule has 0 bridgehead atoms. The summed E-state index contributed by atoms with van der Waals surface area (Å²) < 4.78 is 43.1. The van der Waals surface area contributed by atoms with Crippen LogP contribution in [0.25, 0.3) is 11.3 Å². The van der Waals surface area contributed by atoms with Crippen LogP contribution in [0.2, 0.25) is 0 Å². The Labute approximate surface area is 238 Å². The fourth-order valence-electron chi connectivity index (χ4n) is 5.20. The number of halogens is 3. The van der Waals surface area contributed by atoms with Crippen molar-refractivity contribution >= 4 is 29.1 Å². The molecule has 0 saturated carbocycles. The first-order chi connectivity index (χ1) is 19.5. The van der Waals surface area contributed by atoms with Gasteiger partial charge < -0.3 is 5.32 Å². The lowest BCUT2D eigenvalue weighted by Crippen LogP contribution is -2.47. The second-order valence-electron chi connectivity index (χ2n) is 9.87. The van der Waals surface area contributed by atoms with Gasteiger partial charge in [-0.3, -0.25) is 24.0 Å². The number of thiophene rings is 1. The lowest BCUT2D eigenvalue weighted by molar-refractivity contribution is -0.138. The minimum atomic E-state index is -4.61. The molecule has 0 spiro atoms. The number of hydrogen-bond acceptors (Lipinski definition) is 5. The molecule has 2 aromatic heterocycles. The van der Waals surface area contributed by atoms with Crippen LogP contribution >= 0.6 is 11.3 Å². The van der Waals surface area contributed by atoms with Gasteiger partial charge in [0.15, 0.2) is 0 Å². The largest absolute Gasteiger partial charge is 0.416 e. The Morgan fingerprint density at radius 1 is 1.00 bits per heavy atom. The van der Waals surface area contributed by atoms with Crippen molar-refractivity contribution in [1.82, 2.24) is 20.0 Å². The second-order valence-corrected chi connectivity index (χ2v) is 11.1. The van der Waals surface area contributed by atoms with Crippen molar-refractivity contribution in [3.8, 4) is 11.3 Å². The summed E-state index contributed by atoms with van der Waals surface area (Å²) in [6.07, 6.45) is -2.32. The Morgan fingerprint density at radius 3 is 2.27 bits per heavy atom. The smallest absolute Gasteiger partial charge is 0.346 e. The number of nitrogens with zero attached hydrogens (tertiary/aromatic N) is 3. The minimum Gasteiger partial charge on any atom is -0.346 e. The first-order valence-corrected chi connectivity index (χ1v) is 13.8. The van der Waals surface area contributed by atoms with Crippen LogP contribution in [0.3, 0.4) is 0 Å². The highest BCUT2D eigenvalue weighted by atomic mass is 32.1. The van der Waals surface area contributed by atoms with Crippen molar-refractivity contribution in [1.29, 1.82) is 0 Å². The lowest BCUT2D eigenvalue weighted by Gasteiger charge is -2.25. The Balaban J connectivity index is 1.46. The van der Waals surface area contributed by atoms with Gasteiger partial charge in [-0.15, -0.1) is 11.3 Å². The first-order valence-electron chi connectivity index (χ1n) is 13.0. The van der Waals surface area contributed by atoms with Crippen LogP contribution in [0.15, 0.2) is 60.8 Å². The van der Waals surface area contributed by atoms with Crippen LogP contribution in [0.4, 0.5) is 13.2 Å². The van der Waals surface area contributed by atoms with Gasteiger partial charge in [0.2, 0.25) is 0 Å². The number of hydrogen-bond donors (Lipinski definition) is 1. The fraction of sp³-hybridized carbons (Fsp3) is 0.267. The highest BCUT2D eigenvalue weighted by Crippen LogP contribution is 2.35. The van der Waals surface area contributed by atoms with E-state index < -0.39 is 35.5 Å². The minimum absolute atomic E-state index is 0.0487. The van der Waals surface area contributed by atoms with Crippen LogP contribution in [0.1, 0.15) is 58.9 Å². The summed E-state index contributed by atoms with van der Waals surface area (Å²) in [5.74, 6) is -1.60. The number of benzene rings is 2. The van der Waals surface area contributed by atoms with Crippen LogP contribution in [-0.2, 0) is 26.1 Å². The topological polar surface area (TPSA) is 84.3 Å². The van der Waals surface area contributed by atoms with E-state index in [1.165, 1.54) is 41.7 Å². The molecule has 0 aliphatic carbocycles. The van der Waals surface area contributed by atoms with Crippen LogP contribution in [0.5, 0.6) is 0 Å². The van der Waals surface area contributed by atoms with Crippen molar-refractivity contribution in [3.05, 3.63) is 98.4 Å². The van der Waals surface area contributed by atoms with Crippen molar-refractivity contribution < 1.29 is 27.6 Å². The van der Waals surface area contributed by atoms with Gasteiger partial charge in [-0.25, -0.2) is 0 Å². The lowest BCUT2D eigenvalue weighted by atomic mass is 9.99. The molecule has 1 atom stereocenters. The van der Waals surface area contributed by atoms with E-state index >= 15 is 0 Å².